The highest BCUT2D eigenvalue weighted by atomic mass is 16.5. The van der Waals surface area contributed by atoms with Gasteiger partial charge in [-0.15, -0.1) is 0 Å². The van der Waals surface area contributed by atoms with Crippen molar-refractivity contribution in [3.05, 3.63) is 52.6 Å². The first-order valence-electron chi connectivity index (χ1n) is 10.1. The molecule has 2 fully saturated rings. The van der Waals surface area contributed by atoms with Crippen LogP contribution in [0.3, 0.4) is 0 Å². The Hall–Kier alpha value is -2.38. The number of nitrogens with zero attached hydrogens (tertiary/aromatic N) is 4. The summed E-state index contributed by atoms with van der Waals surface area (Å²) in [4.78, 5) is 21.3. The van der Waals surface area contributed by atoms with Crippen molar-refractivity contribution in [1.29, 1.82) is 0 Å². The number of aryl methyl sites for hydroxylation is 1. The minimum Gasteiger partial charge on any atom is -0.378 e. The molecule has 7 nitrogen and oxygen atoms in total. The standard InChI is InChI=1S/C21H29N5O2/c1-24-10-8-22-20(21(24)27)26-9-4-6-18(16-26)23-15-17-5-2-3-7-19(17)25-11-13-28-14-12-25/h2-3,5,7-8,10,18,23H,4,6,9,11-16H2,1H3/t18-/m1/s1. The molecule has 28 heavy (non-hydrogen) atoms. The van der Waals surface area contributed by atoms with E-state index in [1.165, 1.54) is 11.3 Å². The van der Waals surface area contributed by atoms with Gasteiger partial charge in [0.1, 0.15) is 0 Å². The van der Waals surface area contributed by atoms with Gasteiger partial charge in [-0.25, -0.2) is 4.98 Å². The predicted molar refractivity (Wildman–Crippen MR) is 111 cm³/mol. The fourth-order valence-corrected chi connectivity index (χ4v) is 4.06. The summed E-state index contributed by atoms with van der Waals surface area (Å²) in [6.07, 6.45) is 5.58. The number of aromatic nitrogens is 2. The van der Waals surface area contributed by atoms with E-state index in [1.807, 2.05) is 0 Å². The van der Waals surface area contributed by atoms with Crippen LogP contribution in [-0.4, -0.2) is 55.0 Å². The number of hydrogen-bond donors (Lipinski definition) is 1. The van der Waals surface area contributed by atoms with E-state index in [4.69, 9.17) is 4.74 Å². The molecule has 0 unspecified atom stereocenters. The second kappa shape index (κ2) is 8.75. The number of para-hydroxylation sites is 1. The zero-order chi connectivity index (χ0) is 19.3. The highest BCUT2D eigenvalue weighted by molar-refractivity contribution is 5.54. The van der Waals surface area contributed by atoms with Crippen LogP contribution in [0, 0.1) is 0 Å². The van der Waals surface area contributed by atoms with Crippen LogP contribution in [0.4, 0.5) is 11.5 Å². The van der Waals surface area contributed by atoms with Crippen molar-refractivity contribution in [3.63, 3.8) is 0 Å². The van der Waals surface area contributed by atoms with Gasteiger partial charge in [-0.1, -0.05) is 18.2 Å². The van der Waals surface area contributed by atoms with Crippen molar-refractivity contribution in [2.24, 2.45) is 7.05 Å². The lowest BCUT2D eigenvalue weighted by molar-refractivity contribution is 0.122. The minimum atomic E-state index is -0.0270. The lowest BCUT2D eigenvalue weighted by atomic mass is 10.0. The van der Waals surface area contributed by atoms with Crippen LogP contribution >= 0.6 is 0 Å². The van der Waals surface area contributed by atoms with E-state index in [-0.39, 0.29) is 5.56 Å². The fraction of sp³-hybridized carbons (Fsp3) is 0.524. The van der Waals surface area contributed by atoms with E-state index in [9.17, 15) is 4.79 Å². The Morgan fingerprint density at radius 3 is 2.86 bits per heavy atom. The summed E-state index contributed by atoms with van der Waals surface area (Å²) in [6, 6.07) is 8.96. The Balaban J connectivity index is 1.41. The number of piperidine rings is 1. The van der Waals surface area contributed by atoms with E-state index < -0.39 is 0 Å². The van der Waals surface area contributed by atoms with Gasteiger partial charge < -0.3 is 24.4 Å². The van der Waals surface area contributed by atoms with Crippen LogP contribution < -0.4 is 20.7 Å². The number of hydrogen-bond acceptors (Lipinski definition) is 6. The third-order valence-corrected chi connectivity index (χ3v) is 5.64. The summed E-state index contributed by atoms with van der Waals surface area (Å²) in [5.41, 5.74) is 2.58. The van der Waals surface area contributed by atoms with Gasteiger partial charge in [0.25, 0.3) is 5.56 Å². The summed E-state index contributed by atoms with van der Waals surface area (Å²) in [5, 5.41) is 3.71. The van der Waals surface area contributed by atoms with Gasteiger partial charge in [-0.2, -0.15) is 0 Å². The largest absolute Gasteiger partial charge is 0.378 e. The minimum absolute atomic E-state index is 0.0270. The molecule has 0 saturated carbocycles. The first-order valence-corrected chi connectivity index (χ1v) is 10.1. The lowest BCUT2D eigenvalue weighted by Crippen LogP contribution is -2.47. The van der Waals surface area contributed by atoms with Crippen molar-refractivity contribution < 1.29 is 4.74 Å². The molecular weight excluding hydrogens is 354 g/mol. The zero-order valence-electron chi connectivity index (χ0n) is 16.5. The number of ether oxygens (including phenoxy) is 1. The number of morpholine rings is 1. The monoisotopic (exact) mass is 383 g/mol. The highest BCUT2D eigenvalue weighted by Gasteiger charge is 2.23. The molecule has 4 rings (SSSR count). The normalized spacial score (nSPS) is 20.4. The maximum Gasteiger partial charge on any atom is 0.293 e. The molecule has 7 heteroatoms. The van der Waals surface area contributed by atoms with Crippen LogP contribution in [-0.2, 0) is 18.3 Å². The summed E-state index contributed by atoms with van der Waals surface area (Å²) < 4.78 is 7.09. The van der Waals surface area contributed by atoms with E-state index in [1.54, 1.807) is 24.0 Å². The molecule has 0 spiro atoms. The smallest absolute Gasteiger partial charge is 0.293 e. The Bertz CT molecular complexity index is 847. The quantitative estimate of drug-likeness (QED) is 0.842. The summed E-state index contributed by atoms with van der Waals surface area (Å²) in [5.74, 6) is 0.560. The van der Waals surface area contributed by atoms with Crippen LogP contribution in [0.1, 0.15) is 18.4 Å². The lowest BCUT2D eigenvalue weighted by Gasteiger charge is -2.34. The molecule has 2 aliphatic heterocycles. The van der Waals surface area contributed by atoms with Crippen molar-refractivity contribution in [2.75, 3.05) is 49.2 Å². The molecule has 3 heterocycles. The third kappa shape index (κ3) is 4.20. The first-order chi connectivity index (χ1) is 13.7. The van der Waals surface area contributed by atoms with Gasteiger partial charge >= 0.3 is 0 Å². The van der Waals surface area contributed by atoms with E-state index in [0.717, 1.165) is 58.8 Å². The first kappa shape index (κ1) is 19.0. The van der Waals surface area contributed by atoms with E-state index in [0.29, 0.717) is 11.9 Å². The van der Waals surface area contributed by atoms with Crippen molar-refractivity contribution in [1.82, 2.24) is 14.9 Å². The maximum atomic E-state index is 12.4. The molecular formula is C21H29N5O2. The molecule has 1 aromatic heterocycles. The molecule has 0 bridgehead atoms. The molecule has 0 radical (unpaired) electrons. The van der Waals surface area contributed by atoms with Crippen molar-refractivity contribution >= 4 is 11.5 Å². The number of nitrogens with one attached hydrogen (secondary N) is 1. The maximum absolute atomic E-state index is 12.4. The number of benzene rings is 1. The number of rotatable bonds is 5. The van der Waals surface area contributed by atoms with E-state index >= 15 is 0 Å². The molecule has 1 atom stereocenters. The van der Waals surface area contributed by atoms with Gasteiger partial charge in [0.15, 0.2) is 5.82 Å². The van der Waals surface area contributed by atoms with Gasteiger partial charge in [-0.05, 0) is 24.5 Å². The fourth-order valence-electron chi connectivity index (χ4n) is 4.06. The zero-order valence-corrected chi connectivity index (χ0v) is 16.5. The summed E-state index contributed by atoms with van der Waals surface area (Å²) in [6.45, 7) is 5.98. The summed E-state index contributed by atoms with van der Waals surface area (Å²) >= 11 is 0. The average molecular weight is 383 g/mol. The molecule has 2 saturated heterocycles. The van der Waals surface area contributed by atoms with Gasteiger partial charge in [0, 0.05) is 63.9 Å². The molecule has 2 aliphatic rings. The molecule has 1 N–H and O–H groups in total. The van der Waals surface area contributed by atoms with Crippen LogP contribution in [0.25, 0.3) is 0 Å². The molecule has 150 valence electrons. The average Bonchev–Trinajstić information content (AvgIpc) is 2.75. The molecule has 0 amide bonds. The second-order valence-corrected chi connectivity index (χ2v) is 7.56. The molecule has 0 aliphatic carbocycles. The van der Waals surface area contributed by atoms with Crippen LogP contribution in [0.2, 0.25) is 0 Å². The van der Waals surface area contributed by atoms with Crippen molar-refractivity contribution in [3.8, 4) is 0 Å². The third-order valence-electron chi connectivity index (χ3n) is 5.64. The van der Waals surface area contributed by atoms with Gasteiger partial charge in [-0.3, -0.25) is 4.79 Å². The van der Waals surface area contributed by atoms with Gasteiger partial charge in [0.05, 0.1) is 13.2 Å². The molecule has 1 aromatic carbocycles. The second-order valence-electron chi connectivity index (χ2n) is 7.56. The highest BCUT2D eigenvalue weighted by Crippen LogP contribution is 2.22. The Labute approximate surface area is 165 Å². The van der Waals surface area contributed by atoms with Crippen molar-refractivity contribution in [2.45, 2.75) is 25.4 Å². The van der Waals surface area contributed by atoms with Crippen LogP contribution in [0.5, 0.6) is 0 Å². The number of anilines is 2. The Kier molecular flexibility index (Phi) is 5.92. The summed E-state index contributed by atoms with van der Waals surface area (Å²) in [7, 11) is 1.77. The Morgan fingerprint density at radius 1 is 1.18 bits per heavy atom. The van der Waals surface area contributed by atoms with Crippen LogP contribution in [0.15, 0.2) is 41.5 Å². The topological polar surface area (TPSA) is 62.6 Å². The SMILES string of the molecule is Cn1ccnc(N2CCC[C@@H](NCc3ccccc3N3CCOCC3)C2)c1=O. The molecule has 2 aromatic rings. The van der Waals surface area contributed by atoms with E-state index in [2.05, 4.69) is 44.4 Å². The predicted octanol–water partition coefficient (Wildman–Crippen LogP) is 1.38. The van der Waals surface area contributed by atoms with Gasteiger partial charge in [0.2, 0.25) is 0 Å². The Morgan fingerprint density at radius 2 is 2.00 bits per heavy atom.